The molecule has 4 aromatic rings. The number of ether oxygens (including phenoxy) is 1. The van der Waals surface area contributed by atoms with Crippen molar-refractivity contribution in [3.8, 4) is 17.2 Å². The Hall–Kier alpha value is -3.94. The number of aromatic nitrogens is 4. The fourth-order valence-electron chi connectivity index (χ4n) is 3.53. The van der Waals surface area contributed by atoms with Gasteiger partial charge in [0.1, 0.15) is 17.2 Å². The predicted molar refractivity (Wildman–Crippen MR) is 126 cm³/mol. The van der Waals surface area contributed by atoms with Crippen LogP contribution in [0, 0.1) is 27.7 Å². The zero-order chi connectivity index (χ0) is 23.5. The van der Waals surface area contributed by atoms with Gasteiger partial charge in [-0.15, -0.1) is 5.10 Å². The minimum Gasteiger partial charge on any atom is -0.493 e. The summed E-state index contributed by atoms with van der Waals surface area (Å²) < 4.78 is 13.3. The molecule has 0 fully saturated rings. The summed E-state index contributed by atoms with van der Waals surface area (Å²) in [5.41, 5.74) is 5.24. The fourth-order valence-corrected chi connectivity index (χ4v) is 3.53. The van der Waals surface area contributed by atoms with Gasteiger partial charge in [-0.05, 0) is 63.9 Å². The van der Waals surface area contributed by atoms with Crippen LogP contribution in [-0.4, -0.2) is 32.5 Å². The largest absolute Gasteiger partial charge is 0.493 e. The fraction of sp³-hybridized carbons (Fsp3) is 0.280. The Labute approximate surface area is 192 Å². The molecule has 170 valence electrons. The van der Waals surface area contributed by atoms with Gasteiger partial charge in [0.15, 0.2) is 5.69 Å². The summed E-state index contributed by atoms with van der Waals surface area (Å²) in [6.07, 6.45) is 0. The third-order valence-corrected chi connectivity index (χ3v) is 5.45. The highest BCUT2D eigenvalue weighted by Gasteiger charge is 2.20. The molecule has 2 aromatic heterocycles. The first-order valence-corrected chi connectivity index (χ1v) is 10.8. The van der Waals surface area contributed by atoms with E-state index in [9.17, 15) is 4.79 Å². The number of aryl methyl sites for hydroxylation is 3. The summed E-state index contributed by atoms with van der Waals surface area (Å²) in [4.78, 5) is 17.5. The van der Waals surface area contributed by atoms with Gasteiger partial charge in [0.25, 0.3) is 5.91 Å². The number of benzene rings is 2. The number of oxazole rings is 1. The Morgan fingerprint density at radius 1 is 1.12 bits per heavy atom. The van der Waals surface area contributed by atoms with Gasteiger partial charge >= 0.3 is 0 Å². The number of anilines is 1. The Kier molecular flexibility index (Phi) is 6.26. The van der Waals surface area contributed by atoms with Gasteiger partial charge in [0.2, 0.25) is 5.89 Å². The van der Waals surface area contributed by atoms with Crippen molar-refractivity contribution >= 4 is 11.6 Å². The molecule has 1 amide bonds. The lowest BCUT2D eigenvalue weighted by Gasteiger charge is -2.08. The molecule has 2 heterocycles. The van der Waals surface area contributed by atoms with Crippen LogP contribution in [0.3, 0.4) is 0 Å². The summed E-state index contributed by atoms with van der Waals surface area (Å²) in [5.74, 6) is 1.58. The van der Waals surface area contributed by atoms with Gasteiger partial charge in [0, 0.05) is 5.69 Å². The van der Waals surface area contributed by atoms with Gasteiger partial charge in [-0.25, -0.2) is 9.67 Å². The van der Waals surface area contributed by atoms with Crippen molar-refractivity contribution in [2.45, 2.75) is 41.2 Å². The smallest absolute Gasteiger partial charge is 0.278 e. The molecule has 2 aromatic carbocycles. The second-order valence-electron chi connectivity index (χ2n) is 7.90. The maximum Gasteiger partial charge on any atom is 0.278 e. The highest BCUT2D eigenvalue weighted by Crippen LogP contribution is 2.31. The monoisotopic (exact) mass is 445 g/mol. The molecule has 0 saturated carbocycles. The molecule has 0 aliphatic carbocycles. The highest BCUT2D eigenvalue weighted by atomic mass is 16.5. The molecule has 33 heavy (non-hydrogen) atoms. The maximum atomic E-state index is 12.8. The Morgan fingerprint density at radius 2 is 1.91 bits per heavy atom. The van der Waals surface area contributed by atoms with Crippen LogP contribution in [0.1, 0.15) is 45.7 Å². The third kappa shape index (κ3) is 4.64. The molecular weight excluding hydrogens is 418 g/mol. The predicted octanol–water partition coefficient (Wildman–Crippen LogP) is 4.87. The van der Waals surface area contributed by atoms with E-state index in [-0.39, 0.29) is 11.6 Å². The number of rotatable bonds is 7. The molecule has 8 heteroatoms. The van der Waals surface area contributed by atoms with Gasteiger partial charge in [-0.2, -0.15) is 0 Å². The lowest BCUT2D eigenvalue weighted by atomic mass is 10.1. The number of carbonyl (C=O) groups is 1. The van der Waals surface area contributed by atoms with Crippen molar-refractivity contribution in [2.75, 3.05) is 11.9 Å². The van der Waals surface area contributed by atoms with Crippen LogP contribution in [-0.2, 0) is 6.54 Å². The average molecular weight is 446 g/mol. The number of hydrogen-bond donors (Lipinski definition) is 1. The van der Waals surface area contributed by atoms with E-state index in [1.807, 2.05) is 77.1 Å². The average Bonchev–Trinajstić information content (AvgIpc) is 3.34. The van der Waals surface area contributed by atoms with Crippen molar-refractivity contribution in [3.05, 3.63) is 76.4 Å². The van der Waals surface area contributed by atoms with Crippen molar-refractivity contribution in [1.29, 1.82) is 0 Å². The molecule has 0 bridgehead atoms. The molecule has 0 unspecified atom stereocenters. The molecule has 0 aliphatic rings. The van der Waals surface area contributed by atoms with E-state index in [4.69, 9.17) is 9.15 Å². The van der Waals surface area contributed by atoms with Gasteiger partial charge in [0.05, 0.1) is 24.4 Å². The molecule has 4 rings (SSSR count). The van der Waals surface area contributed by atoms with Crippen molar-refractivity contribution < 1.29 is 13.9 Å². The Balaban J connectivity index is 1.56. The summed E-state index contributed by atoms with van der Waals surface area (Å²) in [7, 11) is 0. The summed E-state index contributed by atoms with van der Waals surface area (Å²) >= 11 is 0. The van der Waals surface area contributed by atoms with Crippen molar-refractivity contribution in [3.63, 3.8) is 0 Å². The first-order chi connectivity index (χ1) is 15.9. The minimum atomic E-state index is -0.296. The first-order valence-electron chi connectivity index (χ1n) is 10.8. The zero-order valence-electron chi connectivity index (χ0n) is 19.5. The standard InChI is InChI=1S/C25H27N5O3/c1-6-32-22-10-8-7-9-19(22)25-27-21(18(5)33-25)14-30-17(4)23(28-29-30)24(31)26-20-13-15(2)11-12-16(20)3/h7-13H,6,14H2,1-5H3,(H,26,31). The van der Waals surface area contributed by atoms with E-state index in [0.29, 0.717) is 36.2 Å². The van der Waals surface area contributed by atoms with Crippen LogP contribution in [0.15, 0.2) is 46.9 Å². The summed E-state index contributed by atoms with van der Waals surface area (Å²) in [5, 5.41) is 11.2. The van der Waals surface area contributed by atoms with E-state index in [1.54, 1.807) is 4.68 Å². The zero-order valence-corrected chi connectivity index (χ0v) is 19.5. The highest BCUT2D eigenvalue weighted by molar-refractivity contribution is 6.03. The van der Waals surface area contributed by atoms with Crippen LogP contribution in [0.5, 0.6) is 5.75 Å². The number of nitrogens with zero attached hydrogens (tertiary/aromatic N) is 4. The van der Waals surface area contributed by atoms with Gasteiger partial charge in [-0.1, -0.05) is 29.5 Å². The minimum absolute atomic E-state index is 0.277. The lowest BCUT2D eigenvalue weighted by molar-refractivity contribution is 0.102. The van der Waals surface area contributed by atoms with E-state index in [1.165, 1.54) is 0 Å². The topological polar surface area (TPSA) is 95.1 Å². The van der Waals surface area contributed by atoms with E-state index >= 15 is 0 Å². The molecule has 0 atom stereocenters. The van der Waals surface area contributed by atoms with Crippen LogP contribution in [0.4, 0.5) is 5.69 Å². The number of amides is 1. The second kappa shape index (κ2) is 9.28. The van der Waals surface area contributed by atoms with Crippen molar-refractivity contribution in [2.24, 2.45) is 0 Å². The molecule has 8 nitrogen and oxygen atoms in total. The lowest BCUT2D eigenvalue weighted by Crippen LogP contribution is -2.15. The van der Waals surface area contributed by atoms with E-state index in [0.717, 1.165) is 28.1 Å². The number of carbonyl (C=O) groups excluding carboxylic acids is 1. The number of hydrogen-bond acceptors (Lipinski definition) is 6. The van der Waals surface area contributed by atoms with E-state index < -0.39 is 0 Å². The van der Waals surface area contributed by atoms with Crippen LogP contribution >= 0.6 is 0 Å². The molecule has 1 N–H and O–H groups in total. The van der Waals surface area contributed by atoms with Crippen LogP contribution in [0.25, 0.3) is 11.5 Å². The first kappa shape index (κ1) is 22.3. The molecule has 0 spiro atoms. The maximum absolute atomic E-state index is 12.8. The number of nitrogens with one attached hydrogen (secondary N) is 1. The summed E-state index contributed by atoms with van der Waals surface area (Å²) in [6.45, 7) is 10.4. The quantitative estimate of drug-likeness (QED) is 0.436. The van der Waals surface area contributed by atoms with Crippen LogP contribution < -0.4 is 10.1 Å². The second-order valence-corrected chi connectivity index (χ2v) is 7.90. The third-order valence-electron chi connectivity index (χ3n) is 5.45. The van der Waals surface area contributed by atoms with Gasteiger partial charge in [-0.3, -0.25) is 4.79 Å². The molecule has 0 saturated heterocycles. The van der Waals surface area contributed by atoms with E-state index in [2.05, 4.69) is 20.6 Å². The van der Waals surface area contributed by atoms with Crippen LogP contribution in [0.2, 0.25) is 0 Å². The SMILES string of the molecule is CCOc1ccccc1-c1nc(Cn2nnc(C(=O)Nc3cc(C)ccc3C)c2C)c(C)o1. The van der Waals surface area contributed by atoms with Crippen molar-refractivity contribution in [1.82, 2.24) is 20.0 Å². The van der Waals surface area contributed by atoms with Gasteiger partial charge < -0.3 is 14.5 Å². The Morgan fingerprint density at radius 3 is 2.70 bits per heavy atom. The number of para-hydroxylation sites is 1. The molecule has 0 aliphatic heterocycles. The Bertz CT molecular complexity index is 1310. The molecule has 0 radical (unpaired) electrons. The summed E-state index contributed by atoms with van der Waals surface area (Å²) in [6, 6.07) is 13.6. The molecular formula is C25H27N5O3. The normalized spacial score (nSPS) is 10.9.